The zero-order valence-electron chi connectivity index (χ0n) is 15.4. The van der Waals surface area contributed by atoms with Crippen LogP contribution >= 0.6 is 0 Å². The molecule has 26 heavy (non-hydrogen) atoms. The highest BCUT2D eigenvalue weighted by Gasteiger charge is 2.23. The first-order chi connectivity index (χ1) is 12.4. The Hall–Kier alpha value is -2.84. The van der Waals surface area contributed by atoms with Gasteiger partial charge in [0.1, 0.15) is 0 Å². The van der Waals surface area contributed by atoms with E-state index in [1.54, 1.807) is 6.92 Å². The lowest BCUT2D eigenvalue weighted by Gasteiger charge is -2.21. The molecule has 5 nitrogen and oxygen atoms in total. The van der Waals surface area contributed by atoms with Gasteiger partial charge in [0.05, 0.1) is 35.2 Å². The molecule has 0 saturated heterocycles. The second-order valence-electron chi connectivity index (χ2n) is 7.13. The van der Waals surface area contributed by atoms with Gasteiger partial charge in [0, 0.05) is 6.54 Å². The number of nitriles is 1. The molecule has 0 fully saturated rings. The Bertz CT molecular complexity index is 950. The average molecular weight is 348 g/mol. The largest absolute Gasteiger partial charge is 0.392 e. The summed E-state index contributed by atoms with van der Waals surface area (Å²) in [6.07, 6.45) is -0.465. The summed E-state index contributed by atoms with van der Waals surface area (Å²) in [5, 5.41) is 22.4. The first-order valence-electron chi connectivity index (χ1n) is 8.79. The van der Waals surface area contributed by atoms with Crippen LogP contribution in [0.15, 0.2) is 48.5 Å². The minimum atomic E-state index is -0.569. The molecule has 0 aliphatic rings. The van der Waals surface area contributed by atoms with Gasteiger partial charge in [-0.25, -0.2) is 4.98 Å². The molecule has 0 aliphatic heterocycles. The summed E-state index contributed by atoms with van der Waals surface area (Å²) in [7, 11) is 0. The van der Waals surface area contributed by atoms with Gasteiger partial charge in [0.15, 0.2) is 0 Å². The fourth-order valence-corrected chi connectivity index (χ4v) is 3.11. The van der Waals surface area contributed by atoms with E-state index in [2.05, 4.69) is 27.0 Å². The summed E-state index contributed by atoms with van der Waals surface area (Å²) in [5.41, 5.74) is 3.45. The predicted molar refractivity (Wildman–Crippen MR) is 104 cm³/mol. The van der Waals surface area contributed by atoms with Gasteiger partial charge in [-0.3, -0.25) is 0 Å². The summed E-state index contributed by atoms with van der Waals surface area (Å²) >= 11 is 0. The molecule has 3 rings (SSSR count). The van der Waals surface area contributed by atoms with Crippen LogP contribution in [0.4, 0.5) is 5.95 Å². The number of hydrogen-bond acceptors (Lipinski definition) is 4. The number of hydrogen-bond donors (Lipinski definition) is 2. The Morgan fingerprint density at radius 1 is 1.19 bits per heavy atom. The van der Waals surface area contributed by atoms with Gasteiger partial charge in [-0.2, -0.15) is 5.26 Å². The fourth-order valence-electron chi connectivity index (χ4n) is 3.11. The molecular weight excluding hydrogens is 324 g/mol. The molecule has 0 saturated carbocycles. The highest BCUT2D eigenvalue weighted by Crippen LogP contribution is 2.28. The van der Waals surface area contributed by atoms with Crippen LogP contribution in [0.2, 0.25) is 0 Å². The maximum Gasteiger partial charge on any atom is 0.204 e. The number of anilines is 1. The van der Waals surface area contributed by atoms with Crippen LogP contribution in [-0.4, -0.2) is 27.3 Å². The number of aromatic nitrogens is 2. The van der Waals surface area contributed by atoms with Crippen molar-refractivity contribution in [2.45, 2.75) is 38.8 Å². The van der Waals surface area contributed by atoms with Crippen LogP contribution in [0.25, 0.3) is 11.0 Å². The van der Waals surface area contributed by atoms with Crippen molar-refractivity contribution in [2.75, 3.05) is 11.9 Å². The van der Waals surface area contributed by atoms with E-state index in [1.165, 1.54) is 0 Å². The van der Waals surface area contributed by atoms with Crippen molar-refractivity contribution in [2.24, 2.45) is 0 Å². The molecule has 2 N–H and O–H groups in total. The number of aliphatic hydroxyl groups is 1. The third-order valence-corrected chi connectivity index (χ3v) is 4.51. The summed E-state index contributed by atoms with van der Waals surface area (Å²) < 4.78 is 2.10. The Kier molecular flexibility index (Phi) is 4.97. The van der Waals surface area contributed by atoms with E-state index in [0.29, 0.717) is 13.1 Å². The zero-order chi connectivity index (χ0) is 18.7. The van der Waals surface area contributed by atoms with E-state index in [-0.39, 0.29) is 0 Å². The molecule has 1 aromatic heterocycles. The molecule has 3 aromatic rings. The molecule has 0 amide bonds. The van der Waals surface area contributed by atoms with Gasteiger partial charge >= 0.3 is 0 Å². The lowest BCUT2D eigenvalue weighted by atomic mass is 9.83. The number of nitrogens with zero attached hydrogens (tertiary/aromatic N) is 3. The molecular formula is C21H24N4O. The van der Waals surface area contributed by atoms with Crippen LogP contribution in [0.3, 0.4) is 0 Å². The van der Waals surface area contributed by atoms with Gasteiger partial charge < -0.3 is 15.0 Å². The number of fused-ring (bicyclic) bond motifs is 1. The third kappa shape index (κ3) is 3.56. The molecule has 0 radical (unpaired) electrons. The molecule has 1 atom stereocenters. The predicted octanol–water partition coefficient (Wildman–Crippen LogP) is 3.68. The molecule has 5 heteroatoms. The Labute approximate surface area is 153 Å². The van der Waals surface area contributed by atoms with Crippen LogP contribution < -0.4 is 5.32 Å². The smallest absolute Gasteiger partial charge is 0.204 e. The second kappa shape index (κ2) is 7.19. The molecule has 0 aliphatic carbocycles. The number of nitrogens with one attached hydrogen (secondary N) is 1. The summed E-state index contributed by atoms with van der Waals surface area (Å²) in [6.45, 7) is 6.64. The Morgan fingerprint density at radius 2 is 1.88 bits per heavy atom. The Balaban J connectivity index is 2.07. The topological polar surface area (TPSA) is 73.9 Å². The highest BCUT2D eigenvalue weighted by molar-refractivity contribution is 5.78. The number of imidazole rings is 1. The van der Waals surface area contributed by atoms with Gasteiger partial charge in [0.2, 0.25) is 5.95 Å². The van der Waals surface area contributed by atoms with Crippen LogP contribution in [0.1, 0.15) is 31.9 Å². The maximum atomic E-state index is 9.62. The zero-order valence-corrected chi connectivity index (χ0v) is 15.4. The highest BCUT2D eigenvalue weighted by atomic mass is 16.3. The van der Waals surface area contributed by atoms with E-state index in [9.17, 15) is 10.4 Å². The van der Waals surface area contributed by atoms with Gasteiger partial charge in [0.25, 0.3) is 0 Å². The van der Waals surface area contributed by atoms with Crippen molar-refractivity contribution in [3.63, 3.8) is 0 Å². The Morgan fingerprint density at radius 3 is 2.62 bits per heavy atom. The second-order valence-corrected chi connectivity index (χ2v) is 7.13. The van der Waals surface area contributed by atoms with Crippen molar-refractivity contribution < 1.29 is 5.11 Å². The minimum absolute atomic E-state index is 0.425. The van der Waals surface area contributed by atoms with E-state index >= 15 is 0 Å². The van der Waals surface area contributed by atoms with Gasteiger partial charge in [-0.1, -0.05) is 36.4 Å². The maximum absolute atomic E-state index is 9.62. The number of rotatable bonds is 6. The minimum Gasteiger partial charge on any atom is -0.392 e. The molecule has 1 heterocycles. The molecule has 0 spiro atoms. The van der Waals surface area contributed by atoms with Crippen molar-refractivity contribution in [3.05, 3.63) is 59.7 Å². The van der Waals surface area contributed by atoms with Crippen LogP contribution in [-0.2, 0) is 12.0 Å². The van der Waals surface area contributed by atoms with Crippen molar-refractivity contribution in [3.8, 4) is 6.07 Å². The van der Waals surface area contributed by atoms with E-state index < -0.39 is 11.5 Å². The summed E-state index contributed by atoms with van der Waals surface area (Å²) in [6, 6.07) is 18.4. The van der Waals surface area contributed by atoms with Crippen LogP contribution in [0, 0.1) is 11.3 Å². The normalized spacial score (nSPS) is 12.7. The SMILES string of the molecule is CC(O)CNc1nc2ccccc2n1Cc1ccccc1C(C)(C)C#N. The summed E-state index contributed by atoms with van der Waals surface area (Å²) in [5.74, 6) is 0.719. The monoisotopic (exact) mass is 348 g/mol. The van der Waals surface area contributed by atoms with Gasteiger partial charge in [-0.05, 0) is 44.0 Å². The van der Waals surface area contributed by atoms with E-state index in [0.717, 1.165) is 28.1 Å². The van der Waals surface area contributed by atoms with Crippen molar-refractivity contribution in [1.82, 2.24) is 9.55 Å². The number of para-hydroxylation sites is 2. The van der Waals surface area contributed by atoms with Crippen LogP contribution in [0.5, 0.6) is 0 Å². The first-order valence-corrected chi connectivity index (χ1v) is 8.79. The average Bonchev–Trinajstić information content (AvgIpc) is 2.98. The standard InChI is InChI=1S/C21H24N4O/c1-15(26)12-23-20-24-18-10-6-7-11-19(18)25(20)13-16-8-4-5-9-17(16)21(2,3)14-22/h4-11,15,26H,12-13H2,1-3H3,(H,23,24). The lowest BCUT2D eigenvalue weighted by Crippen LogP contribution is -2.20. The quantitative estimate of drug-likeness (QED) is 0.713. The van der Waals surface area contributed by atoms with Crippen molar-refractivity contribution >= 4 is 17.0 Å². The fraction of sp³-hybridized carbons (Fsp3) is 0.333. The molecule has 0 bridgehead atoms. The van der Waals surface area contributed by atoms with E-state index in [1.807, 2.05) is 56.3 Å². The molecule has 2 aromatic carbocycles. The first kappa shape index (κ1) is 18.0. The molecule has 1 unspecified atom stereocenters. The third-order valence-electron chi connectivity index (χ3n) is 4.51. The van der Waals surface area contributed by atoms with E-state index in [4.69, 9.17) is 0 Å². The molecule has 134 valence electrons. The number of benzene rings is 2. The van der Waals surface area contributed by atoms with Gasteiger partial charge in [-0.15, -0.1) is 0 Å². The lowest BCUT2D eigenvalue weighted by molar-refractivity contribution is 0.208. The van der Waals surface area contributed by atoms with Crippen molar-refractivity contribution in [1.29, 1.82) is 5.26 Å². The number of aliphatic hydroxyl groups excluding tert-OH is 1. The summed E-state index contributed by atoms with van der Waals surface area (Å²) in [4.78, 5) is 4.67.